The van der Waals surface area contributed by atoms with Crippen molar-refractivity contribution in [2.75, 3.05) is 25.1 Å². The number of amides is 2. The third kappa shape index (κ3) is 6.91. The lowest BCUT2D eigenvalue weighted by molar-refractivity contribution is -0.122. The Bertz CT molecular complexity index is 482. The average molecular weight is 327 g/mol. The van der Waals surface area contributed by atoms with Crippen LogP contribution in [0, 0.1) is 5.82 Å². The van der Waals surface area contributed by atoms with Crippen LogP contribution in [0.5, 0.6) is 0 Å². The Kier molecular flexibility index (Phi) is 8.54. The summed E-state index contributed by atoms with van der Waals surface area (Å²) in [6.45, 7) is 0.881. The minimum atomic E-state index is -0.485. The highest BCUT2D eigenvalue weighted by molar-refractivity contribution is 7.98. The van der Waals surface area contributed by atoms with Gasteiger partial charge in [0.15, 0.2) is 0 Å². The molecule has 5 nitrogen and oxygen atoms in total. The van der Waals surface area contributed by atoms with E-state index in [4.69, 9.17) is 5.73 Å². The summed E-state index contributed by atoms with van der Waals surface area (Å²) in [5, 5.41) is 5.45. The molecule has 0 aliphatic carbocycles. The molecule has 0 radical (unpaired) electrons. The number of hydrogen-bond acceptors (Lipinski definition) is 4. The Morgan fingerprint density at radius 3 is 2.50 bits per heavy atom. The first-order valence-corrected chi connectivity index (χ1v) is 8.50. The van der Waals surface area contributed by atoms with Crippen LogP contribution in [0.25, 0.3) is 0 Å². The second kappa shape index (κ2) is 10.2. The van der Waals surface area contributed by atoms with Crippen LogP contribution in [0.15, 0.2) is 24.3 Å². The van der Waals surface area contributed by atoms with E-state index in [1.807, 2.05) is 6.26 Å². The molecule has 122 valence electrons. The molecular formula is C15H22FN3O2S. The van der Waals surface area contributed by atoms with E-state index >= 15 is 0 Å². The maximum absolute atomic E-state index is 12.7. The molecule has 0 spiro atoms. The van der Waals surface area contributed by atoms with Gasteiger partial charge in [0.1, 0.15) is 5.82 Å². The lowest BCUT2D eigenvalue weighted by Gasteiger charge is -2.11. The summed E-state index contributed by atoms with van der Waals surface area (Å²) in [6.07, 6.45) is 3.22. The SMILES string of the molecule is CSCC[C@H](N)C(=O)NCCCNC(=O)c1ccc(F)cc1. The van der Waals surface area contributed by atoms with E-state index in [0.29, 0.717) is 31.5 Å². The summed E-state index contributed by atoms with van der Waals surface area (Å²) in [7, 11) is 0. The van der Waals surface area contributed by atoms with E-state index in [1.54, 1.807) is 11.8 Å². The second-order valence-electron chi connectivity index (χ2n) is 4.80. The molecule has 0 fully saturated rings. The molecule has 0 heterocycles. The number of nitrogens with two attached hydrogens (primary N) is 1. The first-order valence-electron chi connectivity index (χ1n) is 7.10. The van der Waals surface area contributed by atoms with Crippen molar-refractivity contribution in [1.29, 1.82) is 0 Å². The highest BCUT2D eigenvalue weighted by Crippen LogP contribution is 2.02. The molecule has 0 bridgehead atoms. The number of hydrogen-bond donors (Lipinski definition) is 3. The molecule has 0 aliphatic rings. The highest BCUT2D eigenvalue weighted by Gasteiger charge is 2.11. The van der Waals surface area contributed by atoms with Crippen LogP contribution in [0.3, 0.4) is 0 Å². The molecule has 1 atom stereocenters. The van der Waals surface area contributed by atoms with Gasteiger partial charge < -0.3 is 16.4 Å². The molecule has 1 aromatic rings. The summed E-state index contributed by atoms with van der Waals surface area (Å²) in [5.74, 6) is 0.0430. The molecule has 1 aromatic carbocycles. The number of carbonyl (C=O) groups excluding carboxylic acids is 2. The van der Waals surface area contributed by atoms with E-state index < -0.39 is 6.04 Å². The predicted molar refractivity (Wildman–Crippen MR) is 87.3 cm³/mol. The molecule has 0 saturated heterocycles. The van der Waals surface area contributed by atoms with Gasteiger partial charge in [-0.15, -0.1) is 0 Å². The molecular weight excluding hydrogens is 305 g/mol. The van der Waals surface area contributed by atoms with Crippen LogP contribution in [0.1, 0.15) is 23.2 Å². The number of nitrogens with one attached hydrogen (secondary N) is 2. The molecule has 0 saturated carbocycles. The van der Waals surface area contributed by atoms with Crippen molar-refractivity contribution >= 4 is 23.6 Å². The number of benzene rings is 1. The maximum Gasteiger partial charge on any atom is 0.251 e. The maximum atomic E-state index is 12.7. The van der Waals surface area contributed by atoms with E-state index in [2.05, 4.69) is 10.6 Å². The lowest BCUT2D eigenvalue weighted by Crippen LogP contribution is -2.41. The summed E-state index contributed by atoms with van der Waals surface area (Å²) in [5.41, 5.74) is 6.14. The van der Waals surface area contributed by atoms with Crippen molar-refractivity contribution < 1.29 is 14.0 Å². The molecule has 0 aromatic heterocycles. The highest BCUT2D eigenvalue weighted by atomic mass is 32.2. The third-order valence-corrected chi connectivity index (χ3v) is 3.66. The van der Waals surface area contributed by atoms with Crippen molar-refractivity contribution in [3.05, 3.63) is 35.6 Å². The van der Waals surface area contributed by atoms with Crippen LogP contribution in [-0.4, -0.2) is 43.0 Å². The Morgan fingerprint density at radius 1 is 1.23 bits per heavy atom. The van der Waals surface area contributed by atoms with Crippen LogP contribution in [-0.2, 0) is 4.79 Å². The van der Waals surface area contributed by atoms with Crippen molar-refractivity contribution in [3.63, 3.8) is 0 Å². The van der Waals surface area contributed by atoms with Crippen LogP contribution in [0.2, 0.25) is 0 Å². The normalized spacial score (nSPS) is 11.8. The van der Waals surface area contributed by atoms with Crippen molar-refractivity contribution in [2.45, 2.75) is 18.9 Å². The fourth-order valence-corrected chi connectivity index (χ4v) is 2.20. The third-order valence-electron chi connectivity index (χ3n) is 3.01. The zero-order valence-electron chi connectivity index (χ0n) is 12.6. The Labute approximate surface area is 134 Å². The molecule has 1 rings (SSSR count). The number of rotatable bonds is 9. The zero-order valence-corrected chi connectivity index (χ0v) is 13.4. The van der Waals surface area contributed by atoms with Crippen molar-refractivity contribution in [2.24, 2.45) is 5.73 Å². The minimum Gasteiger partial charge on any atom is -0.355 e. The van der Waals surface area contributed by atoms with Gasteiger partial charge in [0.2, 0.25) is 5.91 Å². The van der Waals surface area contributed by atoms with E-state index in [-0.39, 0.29) is 17.6 Å². The molecule has 22 heavy (non-hydrogen) atoms. The quantitative estimate of drug-likeness (QED) is 0.594. The fraction of sp³-hybridized carbons (Fsp3) is 0.467. The second-order valence-corrected chi connectivity index (χ2v) is 5.78. The summed E-state index contributed by atoms with van der Waals surface area (Å²) in [4.78, 5) is 23.4. The largest absolute Gasteiger partial charge is 0.355 e. The fourth-order valence-electron chi connectivity index (χ4n) is 1.71. The number of thioether (sulfide) groups is 1. The monoisotopic (exact) mass is 327 g/mol. The predicted octanol–water partition coefficient (Wildman–Crippen LogP) is 1.14. The molecule has 2 amide bonds. The van der Waals surface area contributed by atoms with E-state index in [1.165, 1.54) is 24.3 Å². The van der Waals surface area contributed by atoms with Gasteiger partial charge in [0.05, 0.1) is 6.04 Å². The molecule has 7 heteroatoms. The standard InChI is InChI=1S/C15H22FN3O2S/c1-22-10-7-13(17)15(21)19-9-2-8-18-14(20)11-3-5-12(16)6-4-11/h3-6,13H,2,7-10,17H2,1H3,(H,18,20)(H,19,21)/t13-/m0/s1. The van der Waals surface area contributed by atoms with E-state index in [0.717, 1.165) is 5.75 Å². The molecule has 0 aliphatic heterocycles. The van der Waals surface area contributed by atoms with Crippen molar-refractivity contribution in [1.82, 2.24) is 10.6 Å². The van der Waals surface area contributed by atoms with Gasteiger partial charge >= 0.3 is 0 Å². The minimum absolute atomic E-state index is 0.168. The Balaban J connectivity index is 2.16. The topological polar surface area (TPSA) is 84.2 Å². The van der Waals surface area contributed by atoms with Crippen molar-refractivity contribution in [3.8, 4) is 0 Å². The zero-order chi connectivity index (χ0) is 16.4. The first kappa shape index (κ1) is 18.4. The lowest BCUT2D eigenvalue weighted by atomic mass is 10.2. The Morgan fingerprint density at radius 2 is 1.86 bits per heavy atom. The summed E-state index contributed by atoms with van der Waals surface area (Å²) in [6, 6.07) is 4.85. The van der Waals surface area contributed by atoms with Gasteiger partial charge in [-0.1, -0.05) is 0 Å². The van der Waals surface area contributed by atoms with Gasteiger partial charge in [-0.3, -0.25) is 9.59 Å². The molecule has 4 N–H and O–H groups in total. The number of halogens is 1. The van der Waals surface area contributed by atoms with Gasteiger partial charge in [-0.2, -0.15) is 11.8 Å². The van der Waals surface area contributed by atoms with Crippen LogP contribution < -0.4 is 16.4 Å². The first-order chi connectivity index (χ1) is 10.5. The van der Waals surface area contributed by atoms with Crippen LogP contribution in [0.4, 0.5) is 4.39 Å². The summed E-state index contributed by atoms with van der Waals surface area (Å²) < 4.78 is 12.7. The van der Waals surface area contributed by atoms with Gasteiger partial charge in [-0.05, 0) is 49.1 Å². The summed E-state index contributed by atoms with van der Waals surface area (Å²) >= 11 is 1.65. The Hall–Kier alpha value is -1.60. The number of carbonyl (C=O) groups is 2. The molecule has 0 unspecified atom stereocenters. The average Bonchev–Trinajstić information content (AvgIpc) is 2.52. The van der Waals surface area contributed by atoms with Gasteiger partial charge in [-0.25, -0.2) is 4.39 Å². The van der Waals surface area contributed by atoms with E-state index in [9.17, 15) is 14.0 Å². The van der Waals surface area contributed by atoms with Gasteiger partial charge in [0.25, 0.3) is 5.91 Å². The van der Waals surface area contributed by atoms with Gasteiger partial charge in [0, 0.05) is 18.7 Å². The smallest absolute Gasteiger partial charge is 0.251 e. The van der Waals surface area contributed by atoms with Crippen LogP contribution >= 0.6 is 11.8 Å².